The van der Waals surface area contributed by atoms with Crippen molar-refractivity contribution >= 4 is 151 Å². The Bertz CT molecular complexity index is 5790. The molecule has 650 valence electrons. The lowest BCUT2D eigenvalue weighted by atomic mass is 10.0. The molecule has 37 heteroatoms. The summed E-state index contributed by atoms with van der Waals surface area (Å²) in [4.78, 5) is 93.9. The van der Waals surface area contributed by atoms with Crippen LogP contribution in [-0.4, -0.2) is 109 Å². The van der Waals surface area contributed by atoms with Crippen molar-refractivity contribution in [1.29, 1.82) is 26.3 Å². The summed E-state index contributed by atoms with van der Waals surface area (Å²) in [6.07, 6.45) is 0.750. The largest absolute Gasteiger partial charge is 0.369 e. The highest BCUT2D eigenvalue weighted by Gasteiger charge is 2.24. The lowest BCUT2D eigenvalue weighted by Gasteiger charge is -2.11. The van der Waals surface area contributed by atoms with Crippen molar-refractivity contribution in [2.24, 2.45) is 28.7 Å². The van der Waals surface area contributed by atoms with E-state index in [1.54, 1.807) is 74.8 Å². The summed E-state index contributed by atoms with van der Waals surface area (Å²) >= 11 is 13.2. The molecule has 6 amide bonds. The van der Waals surface area contributed by atoms with Gasteiger partial charge in [-0.3, -0.25) is 28.8 Å². The van der Waals surface area contributed by atoms with E-state index in [2.05, 4.69) is 55.3 Å². The molecule has 0 aliphatic rings. The average Bonchev–Trinajstić information content (AvgIpc) is 0.990. The van der Waals surface area contributed by atoms with Crippen molar-refractivity contribution in [3.8, 4) is 139 Å². The number of carbonyl (C=O) groups excluding carboxylic acids is 6. The van der Waals surface area contributed by atoms with Gasteiger partial charge in [0.05, 0.1) is 109 Å². The van der Waals surface area contributed by atoms with E-state index in [-0.39, 0.29) is 57.9 Å². The summed E-state index contributed by atoms with van der Waals surface area (Å²) in [7, 11) is 3.38. The van der Waals surface area contributed by atoms with E-state index in [4.69, 9.17) is 28.7 Å². The number of nitriles is 5. The number of primary amides is 5. The second-order valence-electron chi connectivity index (χ2n) is 26.5. The molecule has 15 aromatic rings. The standard InChI is InChI=1S/5C18H12FN3OS2.C3H7NO/c5*19-12-5-3-11(4-6-12)13-8-15(16-2-1-7-24-16)22-18(14(13)9-20)25-10-17(21)23;1-4(2)3-5/h5*1-8H,10H2,(H2,21,23);3H,1-2H3. The molecule has 0 unspecified atom stereocenters. The van der Waals surface area contributed by atoms with E-state index < -0.39 is 29.5 Å². The topological polar surface area (TPSA) is 419 Å². The Morgan fingerprint density at radius 2 is 0.462 bits per heavy atom. The van der Waals surface area contributed by atoms with Crippen molar-refractivity contribution in [2.75, 3.05) is 42.9 Å². The monoisotopic (exact) mass is 1920 g/mol. The lowest BCUT2D eigenvalue weighted by Crippen LogP contribution is -2.13. The first-order chi connectivity index (χ1) is 62.7. The Labute approximate surface area is 783 Å². The number of nitrogens with zero attached hydrogens (tertiary/aromatic N) is 11. The molecule has 15 rings (SSSR count). The molecule has 0 fully saturated rings. The molecule has 5 aromatic carbocycles. The van der Waals surface area contributed by atoms with E-state index in [1.165, 1.54) is 122 Å². The van der Waals surface area contributed by atoms with Crippen LogP contribution in [0.2, 0.25) is 0 Å². The van der Waals surface area contributed by atoms with Crippen LogP contribution in [0.15, 0.2) is 264 Å². The van der Waals surface area contributed by atoms with Gasteiger partial charge in [0.25, 0.3) is 0 Å². The Kier molecular flexibility index (Phi) is 36.9. The molecule has 0 bridgehead atoms. The Hall–Kier alpha value is -14.0. The van der Waals surface area contributed by atoms with E-state index in [0.717, 1.165) is 89.6 Å². The normalized spacial score (nSPS) is 10.3. The number of amides is 6. The minimum Gasteiger partial charge on any atom is -0.369 e. The van der Waals surface area contributed by atoms with Crippen molar-refractivity contribution < 1.29 is 50.7 Å². The van der Waals surface area contributed by atoms with Crippen molar-refractivity contribution in [3.63, 3.8) is 0 Å². The summed E-state index contributed by atoms with van der Waals surface area (Å²) in [5, 5.41) is 59.9. The van der Waals surface area contributed by atoms with Crippen LogP contribution >= 0.6 is 115 Å². The molecule has 0 saturated carbocycles. The van der Waals surface area contributed by atoms with E-state index >= 15 is 0 Å². The first kappa shape index (κ1) is 98.2. The van der Waals surface area contributed by atoms with Crippen LogP contribution in [0, 0.1) is 85.7 Å². The van der Waals surface area contributed by atoms with Crippen LogP contribution < -0.4 is 28.7 Å². The van der Waals surface area contributed by atoms with Gasteiger partial charge in [-0.2, -0.15) is 26.3 Å². The van der Waals surface area contributed by atoms with Gasteiger partial charge in [0.1, 0.15) is 84.6 Å². The number of halogens is 5. The highest BCUT2D eigenvalue weighted by atomic mass is 32.2. The van der Waals surface area contributed by atoms with Gasteiger partial charge in [-0.1, -0.05) is 150 Å². The first-order valence-electron chi connectivity index (χ1n) is 37.6. The van der Waals surface area contributed by atoms with Gasteiger partial charge in [-0.15, -0.1) is 56.7 Å². The van der Waals surface area contributed by atoms with Crippen LogP contribution in [0.25, 0.3) is 108 Å². The van der Waals surface area contributed by atoms with Crippen molar-refractivity contribution in [3.05, 3.63) is 296 Å². The van der Waals surface area contributed by atoms with Gasteiger partial charge in [-0.25, -0.2) is 46.9 Å². The lowest BCUT2D eigenvalue weighted by molar-refractivity contribution is -0.116. The molecule has 0 aliphatic heterocycles. The van der Waals surface area contributed by atoms with Gasteiger partial charge in [0, 0.05) is 41.9 Å². The summed E-state index contributed by atoms with van der Waals surface area (Å²) in [6.45, 7) is 0. The van der Waals surface area contributed by atoms with Crippen LogP contribution in [0.4, 0.5) is 22.0 Å². The highest BCUT2D eigenvalue weighted by Crippen LogP contribution is 2.42. The Morgan fingerprint density at radius 3 is 0.577 bits per heavy atom. The van der Waals surface area contributed by atoms with Crippen LogP contribution in [-0.2, 0) is 28.8 Å². The third-order valence-electron chi connectivity index (χ3n) is 17.1. The Morgan fingerprint density at radius 1 is 0.308 bits per heavy atom. The zero-order valence-corrected chi connectivity index (χ0v) is 76.1. The molecule has 0 saturated heterocycles. The number of thioether (sulfide) groups is 5. The maximum Gasteiger partial charge on any atom is 0.227 e. The number of hydrogen-bond acceptors (Lipinski definition) is 26. The molecule has 130 heavy (non-hydrogen) atoms. The number of nitrogens with two attached hydrogens (primary N) is 5. The minimum atomic E-state index is -0.486. The predicted octanol–water partition coefficient (Wildman–Crippen LogP) is 20.0. The maximum atomic E-state index is 13.2. The number of carbonyl (C=O) groups is 6. The molecule has 10 N–H and O–H groups in total. The molecule has 0 atom stereocenters. The number of aromatic nitrogens is 5. The smallest absolute Gasteiger partial charge is 0.227 e. The zero-order chi connectivity index (χ0) is 93.3. The molecule has 22 nitrogen and oxygen atoms in total. The third-order valence-corrected chi connectivity index (χ3v) is 26.6. The van der Waals surface area contributed by atoms with E-state index in [0.29, 0.717) is 137 Å². The van der Waals surface area contributed by atoms with E-state index in [1.807, 2.05) is 118 Å². The van der Waals surface area contributed by atoms with Crippen LogP contribution in [0.5, 0.6) is 0 Å². The Balaban J connectivity index is 0.000000167. The van der Waals surface area contributed by atoms with Crippen LogP contribution in [0.3, 0.4) is 0 Å². The quantitative estimate of drug-likeness (QED) is 0.0191. The number of rotatable bonds is 26. The van der Waals surface area contributed by atoms with E-state index in [9.17, 15) is 77.0 Å². The maximum absolute atomic E-state index is 13.2. The summed E-state index contributed by atoms with van der Waals surface area (Å²) in [6, 6.07) is 68.6. The number of hydrogen-bond donors (Lipinski definition) is 5. The van der Waals surface area contributed by atoms with Gasteiger partial charge in [-0.05, 0) is 176 Å². The molecule has 10 aromatic heterocycles. The fraction of sp³-hybridized carbons (Fsp3) is 0.0753. The fourth-order valence-corrected chi connectivity index (χ4v) is 18.5. The van der Waals surface area contributed by atoms with Gasteiger partial charge < -0.3 is 33.6 Å². The molecular formula is C93H67F5N16O6S10. The second kappa shape index (κ2) is 48.8. The average molecular weight is 1920 g/mol. The first-order valence-corrected chi connectivity index (χ1v) is 46.9. The molecule has 10 heterocycles. The summed E-state index contributed by atoms with van der Waals surface area (Å²) in [5.74, 6) is -4.04. The van der Waals surface area contributed by atoms with Gasteiger partial charge in [0.2, 0.25) is 35.9 Å². The van der Waals surface area contributed by atoms with Crippen LogP contribution in [0.1, 0.15) is 27.8 Å². The minimum absolute atomic E-state index is 0.0262. The number of thiophene rings is 5. The predicted molar refractivity (Wildman–Crippen MR) is 508 cm³/mol. The fourth-order valence-electron chi connectivity index (χ4n) is 11.4. The molecule has 0 aliphatic carbocycles. The molecule has 0 radical (unpaired) electrons. The SMILES string of the molecule is CN(C)C=O.N#Cc1c(-c2ccc(F)cc2)cc(-c2cccs2)nc1SCC(N)=O.N#Cc1c(-c2ccc(F)cc2)cc(-c2cccs2)nc1SCC(N)=O.N#Cc1c(-c2ccc(F)cc2)cc(-c2cccs2)nc1SCC(N)=O.N#Cc1c(-c2ccc(F)cc2)cc(-c2cccs2)nc1SCC(N)=O.N#Cc1c(-c2ccc(F)cc2)cc(-c2cccs2)nc1SCC(N)=O. The summed E-state index contributed by atoms with van der Waals surface area (Å²) < 4.78 is 66.2. The zero-order valence-electron chi connectivity index (χ0n) is 67.9. The van der Waals surface area contributed by atoms with Gasteiger partial charge in [0.15, 0.2) is 0 Å². The molecule has 0 spiro atoms. The summed E-state index contributed by atoms with van der Waals surface area (Å²) in [5.41, 5.74) is 38.1. The van der Waals surface area contributed by atoms with Gasteiger partial charge >= 0.3 is 0 Å². The molecular weight excluding hydrogens is 1850 g/mol. The highest BCUT2D eigenvalue weighted by molar-refractivity contribution is 8.01. The van der Waals surface area contributed by atoms with Crippen molar-refractivity contribution in [2.45, 2.75) is 25.1 Å². The number of pyridine rings is 5. The van der Waals surface area contributed by atoms with Crippen molar-refractivity contribution in [1.82, 2.24) is 29.8 Å². The number of benzene rings is 5. The second-order valence-corrected chi connectivity index (χ2v) is 36.1. The third kappa shape index (κ3) is 28.0.